The molecule has 0 aliphatic heterocycles. The topological polar surface area (TPSA) is 54.9 Å². The summed E-state index contributed by atoms with van der Waals surface area (Å²) in [6.07, 6.45) is 0.441. The van der Waals surface area contributed by atoms with Gasteiger partial charge in [-0.2, -0.15) is 0 Å². The molecular weight excluding hydrogens is 466 g/mol. The number of thioether (sulfide) groups is 1. The van der Waals surface area contributed by atoms with E-state index in [2.05, 4.69) is 11.8 Å². The fraction of sp³-hybridized carbons (Fsp3) is 0.391. The Hall–Kier alpha value is -2.00. The highest BCUT2D eigenvalue weighted by Gasteiger charge is 2.21. The molecule has 0 saturated heterocycles. The highest BCUT2D eigenvalue weighted by molar-refractivity contribution is 7.99. The molecule has 32 heavy (non-hydrogen) atoms. The number of ether oxygens (including phenoxy) is 2. The Morgan fingerprint density at radius 3 is 2.41 bits per heavy atom. The first-order chi connectivity index (χ1) is 14.9. The van der Waals surface area contributed by atoms with Crippen LogP contribution in [0, 0.1) is 6.92 Å². The van der Waals surface area contributed by atoms with Crippen molar-refractivity contribution >= 4 is 56.8 Å². The van der Waals surface area contributed by atoms with Crippen molar-refractivity contribution in [1.29, 1.82) is 0 Å². The Bertz CT molecular complexity index is 1030. The Morgan fingerprint density at radius 2 is 1.78 bits per heavy atom. The largest absolute Gasteiger partial charge is 0.497 e. The molecule has 0 unspecified atom stereocenters. The van der Waals surface area contributed by atoms with Gasteiger partial charge in [0.15, 0.2) is 5.13 Å². The SMILES string of the molecule is COc1ccc(SCCC(=O)N(CCN(C)C)c2nc3c(OC)ccc(C)c3s2)cc1.Cl. The number of rotatable bonds is 10. The lowest BCUT2D eigenvalue weighted by atomic mass is 10.2. The molecule has 0 N–H and O–H groups in total. The number of halogens is 1. The zero-order valence-electron chi connectivity index (χ0n) is 19.1. The number of aromatic nitrogens is 1. The third-order valence-corrected chi connectivity index (χ3v) is 7.09. The normalized spacial score (nSPS) is 10.8. The monoisotopic (exact) mass is 495 g/mol. The van der Waals surface area contributed by atoms with E-state index in [0.29, 0.717) is 18.7 Å². The van der Waals surface area contributed by atoms with E-state index in [1.165, 1.54) is 0 Å². The minimum absolute atomic E-state index is 0. The van der Waals surface area contributed by atoms with Crippen LogP contribution < -0.4 is 14.4 Å². The van der Waals surface area contributed by atoms with Gasteiger partial charge in [-0.05, 0) is 56.9 Å². The standard InChI is InChI=1S/C23H29N3O3S2.ClH/c1-16-6-11-19(29-5)21-22(16)31-23(24-21)26(14-13-25(2)3)20(27)12-15-30-18-9-7-17(28-4)8-10-18;/h6-11H,12-15H2,1-5H3;1H. The molecule has 0 saturated carbocycles. The number of aryl methyl sites for hydroxylation is 1. The van der Waals surface area contributed by atoms with E-state index in [1.54, 1.807) is 37.3 Å². The zero-order valence-corrected chi connectivity index (χ0v) is 21.5. The van der Waals surface area contributed by atoms with Crippen molar-refractivity contribution in [3.05, 3.63) is 42.0 Å². The molecule has 0 atom stereocenters. The van der Waals surface area contributed by atoms with Crippen molar-refractivity contribution in [3.63, 3.8) is 0 Å². The molecule has 6 nitrogen and oxygen atoms in total. The maximum atomic E-state index is 13.2. The van der Waals surface area contributed by atoms with Gasteiger partial charge in [0.2, 0.25) is 5.91 Å². The smallest absolute Gasteiger partial charge is 0.229 e. The fourth-order valence-electron chi connectivity index (χ4n) is 3.07. The van der Waals surface area contributed by atoms with Crippen LogP contribution >= 0.6 is 35.5 Å². The molecule has 0 aliphatic rings. The highest BCUT2D eigenvalue weighted by Crippen LogP contribution is 2.36. The number of nitrogens with zero attached hydrogens (tertiary/aromatic N) is 3. The molecule has 3 aromatic rings. The lowest BCUT2D eigenvalue weighted by Gasteiger charge is -2.22. The fourth-order valence-corrected chi connectivity index (χ4v) is 5.00. The summed E-state index contributed by atoms with van der Waals surface area (Å²) in [6, 6.07) is 11.9. The van der Waals surface area contributed by atoms with Crippen molar-refractivity contribution in [3.8, 4) is 11.5 Å². The molecule has 0 bridgehead atoms. The molecule has 0 spiro atoms. The summed E-state index contributed by atoms with van der Waals surface area (Å²) in [7, 11) is 7.32. The predicted octanol–water partition coefficient (Wildman–Crippen LogP) is 5.12. The second kappa shape index (κ2) is 12.3. The number of thiazole rings is 1. The van der Waals surface area contributed by atoms with E-state index in [4.69, 9.17) is 14.5 Å². The average molecular weight is 496 g/mol. The van der Waals surface area contributed by atoms with E-state index < -0.39 is 0 Å². The third kappa shape index (κ3) is 6.51. The first-order valence-electron chi connectivity index (χ1n) is 10.1. The number of anilines is 1. The molecular formula is C23H30ClN3O3S2. The molecule has 1 heterocycles. The number of fused-ring (bicyclic) bond motifs is 1. The van der Waals surface area contributed by atoms with Crippen LogP contribution in [-0.4, -0.2) is 62.9 Å². The Kier molecular flexibility index (Phi) is 10.1. The van der Waals surface area contributed by atoms with Crippen molar-refractivity contribution < 1.29 is 14.3 Å². The van der Waals surface area contributed by atoms with Crippen LogP contribution in [0.1, 0.15) is 12.0 Å². The molecule has 1 amide bonds. The van der Waals surface area contributed by atoms with Crippen molar-refractivity contribution in [2.75, 3.05) is 52.1 Å². The lowest BCUT2D eigenvalue weighted by molar-refractivity contribution is -0.118. The average Bonchev–Trinajstić information content (AvgIpc) is 3.20. The predicted molar refractivity (Wildman–Crippen MR) is 137 cm³/mol. The lowest BCUT2D eigenvalue weighted by Crippen LogP contribution is -2.36. The maximum absolute atomic E-state index is 13.2. The van der Waals surface area contributed by atoms with E-state index in [-0.39, 0.29) is 18.3 Å². The van der Waals surface area contributed by atoms with Crippen LogP contribution in [0.15, 0.2) is 41.3 Å². The van der Waals surface area contributed by atoms with E-state index in [9.17, 15) is 4.79 Å². The van der Waals surface area contributed by atoms with Gasteiger partial charge >= 0.3 is 0 Å². The maximum Gasteiger partial charge on any atom is 0.229 e. The first kappa shape index (κ1) is 26.3. The highest BCUT2D eigenvalue weighted by atomic mass is 35.5. The Morgan fingerprint density at radius 1 is 1.06 bits per heavy atom. The minimum Gasteiger partial charge on any atom is -0.497 e. The second-order valence-corrected chi connectivity index (χ2v) is 9.53. The van der Waals surface area contributed by atoms with Crippen LogP contribution in [-0.2, 0) is 4.79 Å². The molecule has 1 aromatic heterocycles. The molecule has 9 heteroatoms. The number of hydrogen-bond acceptors (Lipinski definition) is 7. The van der Waals surface area contributed by atoms with E-state index in [1.807, 2.05) is 55.4 Å². The van der Waals surface area contributed by atoms with Crippen molar-refractivity contribution in [1.82, 2.24) is 9.88 Å². The second-order valence-electron chi connectivity index (χ2n) is 7.38. The number of amides is 1. The molecule has 0 fully saturated rings. The zero-order chi connectivity index (χ0) is 22.4. The van der Waals surface area contributed by atoms with Gasteiger partial charge < -0.3 is 14.4 Å². The number of likely N-dealkylation sites (N-methyl/N-ethyl adjacent to an activating group) is 1. The van der Waals surface area contributed by atoms with Gasteiger partial charge in [-0.3, -0.25) is 9.69 Å². The van der Waals surface area contributed by atoms with Gasteiger partial charge in [-0.25, -0.2) is 4.98 Å². The number of carbonyl (C=O) groups is 1. The van der Waals surface area contributed by atoms with E-state index >= 15 is 0 Å². The molecule has 2 aromatic carbocycles. The van der Waals surface area contributed by atoms with Crippen LogP contribution in [0.25, 0.3) is 10.2 Å². The van der Waals surface area contributed by atoms with Gasteiger partial charge in [0, 0.05) is 30.2 Å². The van der Waals surface area contributed by atoms with Crippen LogP contribution in [0.2, 0.25) is 0 Å². The molecule has 174 valence electrons. The van der Waals surface area contributed by atoms with Gasteiger partial charge in [0.25, 0.3) is 0 Å². The molecule has 0 radical (unpaired) electrons. The van der Waals surface area contributed by atoms with E-state index in [0.717, 1.165) is 43.9 Å². The van der Waals surface area contributed by atoms with Crippen LogP contribution in [0.5, 0.6) is 11.5 Å². The van der Waals surface area contributed by atoms with Gasteiger partial charge in [-0.15, -0.1) is 24.2 Å². The number of carbonyl (C=O) groups excluding carboxylic acids is 1. The Labute approximate surface area is 204 Å². The number of hydrogen-bond donors (Lipinski definition) is 0. The minimum atomic E-state index is 0. The van der Waals surface area contributed by atoms with Crippen LogP contribution in [0.4, 0.5) is 5.13 Å². The van der Waals surface area contributed by atoms with Crippen molar-refractivity contribution in [2.45, 2.75) is 18.2 Å². The molecule has 3 rings (SSSR count). The first-order valence-corrected chi connectivity index (χ1v) is 11.9. The summed E-state index contributed by atoms with van der Waals surface area (Å²) in [6.45, 7) is 3.42. The number of benzene rings is 2. The summed E-state index contributed by atoms with van der Waals surface area (Å²) in [5.74, 6) is 2.35. The summed E-state index contributed by atoms with van der Waals surface area (Å²) < 4.78 is 11.7. The third-order valence-electron chi connectivity index (χ3n) is 4.86. The Balaban J connectivity index is 0.00000363. The summed E-state index contributed by atoms with van der Waals surface area (Å²) in [4.78, 5) is 23.0. The van der Waals surface area contributed by atoms with Crippen LogP contribution in [0.3, 0.4) is 0 Å². The van der Waals surface area contributed by atoms with Gasteiger partial charge in [-0.1, -0.05) is 17.4 Å². The van der Waals surface area contributed by atoms with Crippen molar-refractivity contribution in [2.24, 2.45) is 0 Å². The summed E-state index contributed by atoms with van der Waals surface area (Å²) in [5, 5.41) is 0.726. The summed E-state index contributed by atoms with van der Waals surface area (Å²) in [5.41, 5.74) is 1.95. The molecule has 0 aliphatic carbocycles. The number of methoxy groups -OCH3 is 2. The van der Waals surface area contributed by atoms with Gasteiger partial charge in [0.1, 0.15) is 17.0 Å². The summed E-state index contributed by atoms with van der Waals surface area (Å²) >= 11 is 3.22. The quantitative estimate of drug-likeness (QED) is 0.364. The van der Waals surface area contributed by atoms with Gasteiger partial charge in [0.05, 0.1) is 18.9 Å².